The molecule has 4 rings (SSSR count). The molecule has 26 heavy (non-hydrogen) atoms. The maximum Gasteiger partial charge on any atom is 0.227 e. The van der Waals surface area contributed by atoms with Crippen LogP contribution in [-0.2, 0) is 17.6 Å². The van der Waals surface area contributed by atoms with Gasteiger partial charge in [-0.15, -0.1) is 0 Å². The zero-order valence-corrected chi connectivity index (χ0v) is 14.0. The normalized spacial score (nSPS) is 10.9. The molecule has 2 aromatic heterocycles. The van der Waals surface area contributed by atoms with Gasteiger partial charge < -0.3 is 9.51 Å². The number of rotatable bonds is 6. The number of benzene rings is 2. The lowest BCUT2D eigenvalue weighted by molar-refractivity contribution is -0.116. The number of para-hydroxylation sites is 2. The van der Waals surface area contributed by atoms with E-state index in [4.69, 9.17) is 4.52 Å². The minimum absolute atomic E-state index is 0.160. The summed E-state index contributed by atoms with van der Waals surface area (Å²) < 4.78 is 5.22. The fourth-order valence-electron chi connectivity index (χ4n) is 2.67. The molecule has 0 unspecified atom stereocenters. The second-order valence-electron chi connectivity index (χ2n) is 5.92. The molecule has 130 valence electrons. The number of carbonyl (C=O) groups is 1. The Kier molecular flexibility index (Phi) is 4.42. The van der Waals surface area contributed by atoms with Crippen molar-refractivity contribution in [3.63, 3.8) is 0 Å². The average molecular weight is 347 g/mol. The molecule has 7 nitrogen and oxygen atoms in total. The summed E-state index contributed by atoms with van der Waals surface area (Å²) in [7, 11) is 0. The van der Waals surface area contributed by atoms with Crippen LogP contribution in [0.25, 0.3) is 11.0 Å². The van der Waals surface area contributed by atoms with Gasteiger partial charge in [-0.05, 0) is 17.7 Å². The third-order valence-corrected chi connectivity index (χ3v) is 3.93. The number of imidazole rings is 1. The fourth-order valence-corrected chi connectivity index (χ4v) is 2.67. The van der Waals surface area contributed by atoms with Crippen LogP contribution in [0.2, 0.25) is 0 Å². The highest BCUT2D eigenvalue weighted by atomic mass is 16.5. The number of nitrogens with zero attached hydrogens (tertiary/aromatic N) is 3. The van der Waals surface area contributed by atoms with E-state index in [9.17, 15) is 4.79 Å². The number of hydrogen-bond acceptors (Lipinski definition) is 5. The summed E-state index contributed by atoms with van der Waals surface area (Å²) in [5.74, 6) is 1.35. The van der Waals surface area contributed by atoms with Gasteiger partial charge in [0.05, 0.1) is 11.0 Å². The Balaban J connectivity index is 1.31. The number of anilines is 1. The van der Waals surface area contributed by atoms with Gasteiger partial charge in [-0.25, -0.2) is 4.98 Å². The summed E-state index contributed by atoms with van der Waals surface area (Å²) in [4.78, 5) is 23.8. The van der Waals surface area contributed by atoms with E-state index in [1.54, 1.807) is 0 Å². The zero-order valence-electron chi connectivity index (χ0n) is 14.0. The minimum atomic E-state index is -0.160. The summed E-state index contributed by atoms with van der Waals surface area (Å²) in [5.41, 5.74) is 2.80. The fraction of sp³-hybridized carbons (Fsp3) is 0.158. The molecule has 0 aliphatic carbocycles. The summed E-state index contributed by atoms with van der Waals surface area (Å²) in [6.45, 7) is 0. The lowest BCUT2D eigenvalue weighted by Crippen LogP contribution is -2.13. The maximum absolute atomic E-state index is 12.1. The number of carbonyl (C=O) groups excluding carboxylic acids is 1. The summed E-state index contributed by atoms with van der Waals surface area (Å²) in [6, 6.07) is 17.5. The molecule has 2 heterocycles. The first kappa shape index (κ1) is 16.0. The monoisotopic (exact) mass is 347 g/mol. The number of hydrogen-bond donors (Lipinski definition) is 2. The van der Waals surface area contributed by atoms with Gasteiger partial charge in [0.15, 0.2) is 5.82 Å². The van der Waals surface area contributed by atoms with E-state index in [-0.39, 0.29) is 12.3 Å². The van der Waals surface area contributed by atoms with Crippen LogP contribution in [0.4, 0.5) is 5.95 Å². The highest BCUT2D eigenvalue weighted by molar-refractivity contribution is 5.91. The molecule has 0 aliphatic heterocycles. The van der Waals surface area contributed by atoms with E-state index in [0.29, 0.717) is 30.5 Å². The van der Waals surface area contributed by atoms with Crippen molar-refractivity contribution in [3.8, 4) is 0 Å². The number of fused-ring (bicyclic) bond motifs is 1. The second-order valence-corrected chi connectivity index (χ2v) is 5.92. The predicted octanol–water partition coefficient (Wildman–Crippen LogP) is 3.11. The Morgan fingerprint density at radius 1 is 1.04 bits per heavy atom. The lowest BCUT2D eigenvalue weighted by atomic mass is 10.1. The van der Waals surface area contributed by atoms with Gasteiger partial charge in [0.2, 0.25) is 17.7 Å². The number of amides is 1. The number of aryl methyl sites for hydroxylation is 1. The molecule has 2 N–H and O–H groups in total. The van der Waals surface area contributed by atoms with Gasteiger partial charge in [0.25, 0.3) is 0 Å². The first-order valence-corrected chi connectivity index (χ1v) is 8.36. The number of nitrogens with one attached hydrogen (secondary N) is 2. The van der Waals surface area contributed by atoms with Crippen LogP contribution in [0.5, 0.6) is 0 Å². The van der Waals surface area contributed by atoms with Crippen LogP contribution in [0.3, 0.4) is 0 Å². The molecule has 0 bridgehead atoms. The number of aromatic nitrogens is 4. The standard InChI is InChI=1S/C19H17N5O2/c25-17(23-19-20-14-8-4-5-9-15(14)21-19)10-11-18-22-16(24-26-18)12-13-6-2-1-3-7-13/h1-9H,10-12H2,(H2,20,21,23,25). The molecule has 0 saturated heterocycles. The molecule has 0 atom stereocenters. The van der Waals surface area contributed by atoms with Crippen molar-refractivity contribution in [2.24, 2.45) is 0 Å². The Labute approximate surface area is 149 Å². The van der Waals surface area contributed by atoms with Gasteiger partial charge in [-0.3, -0.25) is 10.1 Å². The average Bonchev–Trinajstić information content (AvgIpc) is 3.27. The SMILES string of the molecule is O=C(CCc1nc(Cc2ccccc2)no1)Nc1nc2ccccc2[nH]1. The van der Waals surface area contributed by atoms with Gasteiger partial charge in [0.1, 0.15) is 0 Å². The first-order chi connectivity index (χ1) is 12.8. The maximum atomic E-state index is 12.1. The first-order valence-electron chi connectivity index (χ1n) is 8.36. The molecule has 0 radical (unpaired) electrons. The summed E-state index contributed by atoms with van der Waals surface area (Å²) in [6.07, 6.45) is 1.23. The van der Waals surface area contributed by atoms with Crippen molar-refractivity contribution >= 4 is 22.9 Å². The highest BCUT2D eigenvalue weighted by Gasteiger charge is 2.11. The molecular formula is C19H17N5O2. The van der Waals surface area contributed by atoms with E-state index in [1.165, 1.54) is 0 Å². The van der Waals surface area contributed by atoms with E-state index >= 15 is 0 Å². The number of H-pyrrole nitrogens is 1. The summed E-state index contributed by atoms with van der Waals surface area (Å²) in [5, 5.41) is 6.72. The van der Waals surface area contributed by atoms with Crippen LogP contribution in [0.15, 0.2) is 59.1 Å². The summed E-state index contributed by atoms with van der Waals surface area (Å²) >= 11 is 0. The Bertz CT molecular complexity index is 990. The molecule has 0 saturated carbocycles. The van der Waals surface area contributed by atoms with Crippen molar-refractivity contribution in [2.45, 2.75) is 19.3 Å². The van der Waals surface area contributed by atoms with Gasteiger partial charge in [-0.1, -0.05) is 47.6 Å². The van der Waals surface area contributed by atoms with E-state index in [0.717, 1.165) is 16.6 Å². The van der Waals surface area contributed by atoms with Crippen molar-refractivity contribution in [1.82, 2.24) is 20.1 Å². The predicted molar refractivity (Wildman–Crippen MR) is 96.6 cm³/mol. The molecule has 0 aliphatic rings. The minimum Gasteiger partial charge on any atom is -0.339 e. The smallest absolute Gasteiger partial charge is 0.227 e. The lowest BCUT2D eigenvalue weighted by Gasteiger charge is -1.99. The van der Waals surface area contributed by atoms with Crippen molar-refractivity contribution < 1.29 is 9.32 Å². The van der Waals surface area contributed by atoms with Gasteiger partial charge in [0, 0.05) is 19.3 Å². The van der Waals surface area contributed by atoms with Crippen LogP contribution in [0, 0.1) is 0 Å². The van der Waals surface area contributed by atoms with E-state index < -0.39 is 0 Å². The second kappa shape index (κ2) is 7.18. The Morgan fingerprint density at radius 3 is 2.69 bits per heavy atom. The molecule has 1 amide bonds. The molecular weight excluding hydrogens is 330 g/mol. The highest BCUT2D eigenvalue weighted by Crippen LogP contribution is 2.14. The van der Waals surface area contributed by atoms with Gasteiger partial charge >= 0.3 is 0 Å². The number of aromatic amines is 1. The van der Waals surface area contributed by atoms with Crippen LogP contribution < -0.4 is 5.32 Å². The van der Waals surface area contributed by atoms with Crippen LogP contribution in [-0.4, -0.2) is 26.0 Å². The third-order valence-electron chi connectivity index (χ3n) is 3.93. The Morgan fingerprint density at radius 2 is 1.85 bits per heavy atom. The quantitative estimate of drug-likeness (QED) is 0.558. The van der Waals surface area contributed by atoms with Crippen LogP contribution in [0.1, 0.15) is 23.7 Å². The molecule has 0 fully saturated rings. The third kappa shape index (κ3) is 3.77. The van der Waals surface area contributed by atoms with Crippen molar-refractivity contribution in [1.29, 1.82) is 0 Å². The topological polar surface area (TPSA) is 96.7 Å². The van der Waals surface area contributed by atoms with E-state index in [2.05, 4.69) is 25.4 Å². The van der Waals surface area contributed by atoms with Crippen molar-refractivity contribution in [3.05, 3.63) is 71.9 Å². The van der Waals surface area contributed by atoms with Crippen LogP contribution >= 0.6 is 0 Å². The Hall–Kier alpha value is -3.48. The zero-order chi connectivity index (χ0) is 17.8. The molecule has 7 heteroatoms. The van der Waals surface area contributed by atoms with Gasteiger partial charge in [-0.2, -0.15) is 4.98 Å². The molecule has 4 aromatic rings. The molecule has 0 spiro atoms. The largest absolute Gasteiger partial charge is 0.339 e. The van der Waals surface area contributed by atoms with Crippen molar-refractivity contribution in [2.75, 3.05) is 5.32 Å². The van der Waals surface area contributed by atoms with E-state index in [1.807, 2.05) is 54.6 Å². The molecule has 2 aromatic carbocycles.